The van der Waals surface area contributed by atoms with E-state index in [1.165, 1.54) is 11.3 Å². The van der Waals surface area contributed by atoms with Crippen molar-refractivity contribution in [1.29, 1.82) is 0 Å². The number of piperidine rings is 1. The smallest absolute Gasteiger partial charge is 0.252 e. The normalized spacial score (nSPS) is 17.0. The summed E-state index contributed by atoms with van der Waals surface area (Å²) < 4.78 is 33.4. The number of rotatable bonds is 5. The molecule has 1 saturated heterocycles. The summed E-state index contributed by atoms with van der Waals surface area (Å²) in [5.74, 6) is 1.24. The van der Waals surface area contributed by atoms with E-state index in [0.717, 1.165) is 16.9 Å². The van der Waals surface area contributed by atoms with Gasteiger partial charge in [-0.15, -0.1) is 21.5 Å². The van der Waals surface area contributed by atoms with Crippen LogP contribution < -0.4 is 0 Å². The zero-order chi connectivity index (χ0) is 18.1. The van der Waals surface area contributed by atoms with Crippen LogP contribution in [0.15, 0.2) is 37.6 Å². The maximum Gasteiger partial charge on any atom is 0.252 e. The van der Waals surface area contributed by atoms with E-state index >= 15 is 0 Å². The highest BCUT2D eigenvalue weighted by molar-refractivity contribution is 7.91. The highest BCUT2D eigenvalue weighted by Gasteiger charge is 2.32. The van der Waals surface area contributed by atoms with Crippen LogP contribution in [0.5, 0.6) is 0 Å². The topological polar surface area (TPSA) is 76.3 Å². The Bertz CT molecular complexity index is 968. The molecule has 0 unspecified atom stereocenters. The van der Waals surface area contributed by atoms with Gasteiger partial charge in [0.2, 0.25) is 11.8 Å². The lowest BCUT2D eigenvalue weighted by Crippen LogP contribution is -2.37. The molecule has 0 spiro atoms. The minimum absolute atomic E-state index is 0.107. The molecule has 4 rings (SSSR count). The summed E-state index contributed by atoms with van der Waals surface area (Å²) in [7, 11) is -3.40. The average molecular weight is 410 g/mol. The number of hydrogen-bond donors (Lipinski definition) is 0. The van der Waals surface area contributed by atoms with Crippen LogP contribution in [0.4, 0.5) is 0 Å². The van der Waals surface area contributed by atoms with Gasteiger partial charge in [-0.05, 0) is 42.8 Å². The van der Waals surface area contributed by atoms with Crippen LogP contribution in [0, 0.1) is 0 Å². The second kappa shape index (κ2) is 7.22. The maximum absolute atomic E-state index is 12.8. The number of aryl methyl sites for hydroxylation is 1. The molecule has 0 atom stereocenters. The van der Waals surface area contributed by atoms with Gasteiger partial charge in [-0.1, -0.05) is 6.92 Å². The first-order valence-corrected chi connectivity index (χ1v) is 11.7. The molecule has 6 nitrogen and oxygen atoms in total. The third kappa shape index (κ3) is 3.36. The molecule has 0 saturated carbocycles. The van der Waals surface area contributed by atoms with Crippen LogP contribution in [0.2, 0.25) is 0 Å². The molecule has 0 aromatic carbocycles. The van der Waals surface area contributed by atoms with Gasteiger partial charge in [-0.3, -0.25) is 0 Å². The van der Waals surface area contributed by atoms with Gasteiger partial charge in [0.1, 0.15) is 4.21 Å². The maximum atomic E-state index is 12.8. The second-order valence-electron chi connectivity index (χ2n) is 6.21. The van der Waals surface area contributed by atoms with E-state index in [1.54, 1.807) is 21.7 Å². The number of aromatic nitrogens is 2. The van der Waals surface area contributed by atoms with Crippen LogP contribution in [0.3, 0.4) is 0 Å². The summed E-state index contributed by atoms with van der Waals surface area (Å²) in [6.07, 6.45) is 2.24. The molecule has 9 heteroatoms. The van der Waals surface area contributed by atoms with E-state index in [9.17, 15) is 8.42 Å². The first-order chi connectivity index (χ1) is 12.6. The molecule has 138 valence electrons. The lowest BCUT2D eigenvalue weighted by atomic mass is 9.98. The quantitative estimate of drug-likeness (QED) is 0.637. The Morgan fingerprint density at radius 3 is 2.69 bits per heavy atom. The summed E-state index contributed by atoms with van der Waals surface area (Å²) >= 11 is 2.95. The monoisotopic (exact) mass is 409 g/mol. The number of nitrogens with zero attached hydrogens (tertiary/aromatic N) is 3. The van der Waals surface area contributed by atoms with Gasteiger partial charge >= 0.3 is 0 Å². The molecule has 3 aromatic rings. The van der Waals surface area contributed by atoms with Crippen LogP contribution in [-0.2, 0) is 16.4 Å². The summed E-state index contributed by atoms with van der Waals surface area (Å²) in [4.78, 5) is 1.09. The predicted octanol–water partition coefficient (Wildman–Crippen LogP) is 3.99. The van der Waals surface area contributed by atoms with Gasteiger partial charge in [-0.25, -0.2) is 8.42 Å². The minimum atomic E-state index is -3.40. The molecule has 4 heterocycles. The Labute approximate surface area is 160 Å². The number of thiophene rings is 2. The molecule has 1 aliphatic heterocycles. The molecule has 3 aromatic heterocycles. The van der Waals surface area contributed by atoms with Gasteiger partial charge in [0.05, 0.1) is 0 Å². The van der Waals surface area contributed by atoms with E-state index in [1.807, 2.05) is 29.8 Å². The zero-order valence-corrected chi connectivity index (χ0v) is 16.7. The Morgan fingerprint density at radius 1 is 1.23 bits per heavy atom. The van der Waals surface area contributed by atoms with Crippen LogP contribution >= 0.6 is 22.7 Å². The van der Waals surface area contributed by atoms with Crippen molar-refractivity contribution in [1.82, 2.24) is 14.5 Å². The van der Waals surface area contributed by atoms with Crippen molar-refractivity contribution in [3.8, 4) is 11.5 Å². The lowest BCUT2D eigenvalue weighted by molar-refractivity contribution is 0.292. The third-order valence-electron chi connectivity index (χ3n) is 4.59. The Balaban J connectivity index is 1.44. The molecule has 0 bridgehead atoms. The predicted molar refractivity (Wildman–Crippen MR) is 102 cm³/mol. The molecule has 1 aliphatic rings. The average Bonchev–Trinajstić information content (AvgIpc) is 3.42. The van der Waals surface area contributed by atoms with E-state index in [4.69, 9.17) is 4.42 Å². The molecule has 0 amide bonds. The fourth-order valence-electron chi connectivity index (χ4n) is 3.06. The van der Waals surface area contributed by atoms with Gasteiger partial charge in [-0.2, -0.15) is 15.6 Å². The van der Waals surface area contributed by atoms with Gasteiger partial charge in [0.15, 0.2) is 0 Å². The fourth-order valence-corrected chi connectivity index (χ4v) is 6.61. The molecular weight excluding hydrogens is 390 g/mol. The van der Waals surface area contributed by atoms with Crippen molar-refractivity contribution in [2.24, 2.45) is 0 Å². The Kier molecular flexibility index (Phi) is 4.96. The summed E-state index contributed by atoms with van der Waals surface area (Å²) in [6, 6.07) is 5.56. The van der Waals surface area contributed by atoms with Gasteiger partial charge in [0.25, 0.3) is 10.0 Å². The first kappa shape index (κ1) is 17.8. The van der Waals surface area contributed by atoms with Crippen molar-refractivity contribution in [3.05, 3.63) is 39.7 Å². The number of sulfonamides is 1. The van der Waals surface area contributed by atoms with Gasteiger partial charge < -0.3 is 4.42 Å². The van der Waals surface area contributed by atoms with E-state index in [0.29, 0.717) is 41.9 Å². The molecule has 0 N–H and O–H groups in total. The first-order valence-electron chi connectivity index (χ1n) is 8.52. The van der Waals surface area contributed by atoms with Crippen LogP contribution in [0.25, 0.3) is 11.5 Å². The highest BCUT2D eigenvalue weighted by Crippen LogP contribution is 2.33. The van der Waals surface area contributed by atoms with E-state index in [2.05, 4.69) is 10.2 Å². The summed E-state index contributed by atoms with van der Waals surface area (Å²) in [5, 5.41) is 12.2. The van der Waals surface area contributed by atoms with Crippen molar-refractivity contribution in [2.75, 3.05) is 13.1 Å². The third-order valence-corrected chi connectivity index (χ3v) is 8.87. The van der Waals surface area contributed by atoms with E-state index in [-0.39, 0.29) is 5.92 Å². The Hall–Kier alpha value is -1.55. The van der Waals surface area contributed by atoms with Gasteiger partial charge in [0, 0.05) is 34.8 Å². The largest absolute Gasteiger partial charge is 0.420 e. The molecule has 26 heavy (non-hydrogen) atoms. The van der Waals surface area contributed by atoms with Crippen molar-refractivity contribution in [2.45, 2.75) is 36.3 Å². The summed E-state index contributed by atoms with van der Waals surface area (Å²) in [6.45, 7) is 2.98. The zero-order valence-electron chi connectivity index (χ0n) is 14.3. The molecule has 0 radical (unpaired) electrons. The van der Waals surface area contributed by atoms with Crippen molar-refractivity contribution in [3.63, 3.8) is 0 Å². The van der Waals surface area contributed by atoms with Crippen LogP contribution in [-0.4, -0.2) is 36.0 Å². The molecule has 0 aliphatic carbocycles. The van der Waals surface area contributed by atoms with E-state index < -0.39 is 10.0 Å². The minimum Gasteiger partial charge on any atom is -0.420 e. The summed E-state index contributed by atoms with van der Waals surface area (Å²) in [5.41, 5.74) is 0.929. The van der Waals surface area contributed by atoms with Crippen LogP contribution in [0.1, 0.15) is 36.5 Å². The standard InChI is InChI=1S/C17H19N3O3S3/c1-2-14-3-4-15(25-14)26(21,22)20-8-5-12(6-9-20)16-18-19-17(23-16)13-7-10-24-11-13/h3-4,7,10-12H,2,5-6,8-9H2,1H3. The fraction of sp³-hybridized carbons (Fsp3) is 0.412. The molecular formula is C17H19N3O3S3. The number of hydrogen-bond acceptors (Lipinski definition) is 7. The molecule has 1 fully saturated rings. The lowest BCUT2D eigenvalue weighted by Gasteiger charge is -2.29. The van der Waals surface area contributed by atoms with Crippen molar-refractivity contribution >= 4 is 32.7 Å². The SMILES string of the molecule is CCc1ccc(S(=O)(=O)N2CCC(c3nnc(-c4ccsc4)o3)CC2)s1. The Morgan fingerprint density at radius 2 is 2.04 bits per heavy atom. The highest BCUT2D eigenvalue weighted by atomic mass is 32.2. The van der Waals surface area contributed by atoms with Crippen molar-refractivity contribution < 1.29 is 12.8 Å². The second-order valence-corrected chi connectivity index (χ2v) is 10.3.